The van der Waals surface area contributed by atoms with E-state index in [1.165, 1.54) is 10.8 Å². The minimum Gasteiger partial charge on any atom is -0.288 e. The second-order valence-electron chi connectivity index (χ2n) is 3.16. The highest BCUT2D eigenvalue weighted by molar-refractivity contribution is 14.1. The van der Waals surface area contributed by atoms with Crippen molar-refractivity contribution in [3.63, 3.8) is 0 Å². The van der Waals surface area contributed by atoms with Crippen LogP contribution in [0, 0.1) is 26.6 Å². The zero-order chi connectivity index (χ0) is 12.8. The van der Waals surface area contributed by atoms with Gasteiger partial charge in [0.15, 0.2) is 0 Å². The van der Waals surface area contributed by atoms with E-state index in [4.69, 9.17) is 0 Å². The number of halogens is 2. The lowest BCUT2D eigenvalue weighted by Gasteiger charge is -2.06. The largest absolute Gasteiger partial charge is 0.332 e. The normalized spacial score (nSPS) is 8.88. The van der Waals surface area contributed by atoms with Gasteiger partial charge < -0.3 is 0 Å². The second-order valence-corrected chi connectivity index (χ2v) is 4.24. The first kappa shape index (κ1) is 14.3. The maximum Gasteiger partial charge on any atom is 0.332 e. The molecule has 0 aliphatic carbocycles. The summed E-state index contributed by atoms with van der Waals surface area (Å²) in [7, 11) is 0. The molecule has 0 saturated heterocycles. The van der Waals surface area contributed by atoms with Crippen molar-refractivity contribution < 1.29 is 0 Å². The standard InChI is InChI=1S/C11H8I2N2O2/c1-9-8-14(6-2-4-12)11(17)15(10(9)16)7-3-5-13/h8H,6-7H2,1H3. The van der Waals surface area contributed by atoms with E-state index in [0.29, 0.717) is 5.56 Å². The van der Waals surface area contributed by atoms with Gasteiger partial charge in [0.2, 0.25) is 0 Å². The van der Waals surface area contributed by atoms with Gasteiger partial charge in [-0.2, -0.15) is 0 Å². The Morgan fingerprint density at radius 2 is 1.76 bits per heavy atom. The molecular formula is C11H8I2N2O2. The number of hydrogen-bond acceptors (Lipinski definition) is 2. The van der Waals surface area contributed by atoms with Crippen LogP contribution in [0.4, 0.5) is 0 Å². The van der Waals surface area contributed by atoms with Crippen LogP contribution in [0.5, 0.6) is 0 Å². The fourth-order valence-electron chi connectivity index (χ4n) is 1.28. The SMILES string of the molecule is Cc1cn(CC#CI)c(=O)n(CC#CI)c1=O. The van der Waals surface area contributed by atoms with Crippen molar-refractivity contribution in [2.75, 3.05) is 0 Å². The molecule has 1 aromatic heterocycles. The molecule has 0 aliphatic rings. The molecule has 0 aromatic carbocycles. The molecule has 1 aromatic rings. The van der Waals surface area contributed by atoms with Gasteiger partial charge in [-0.3, -0.25) is 9.36 Å². The Balaban J connectivity index is 3.39. The zero-order valence-electron chi connectivity index (χ0n) is 8.96. The molecule has 0 N–H and O–H groups in total. The van der Waals surface area contributed by atoms with Crippen LogP contribution >= 0.6 is 45.2 Å². The maximum atomic E-state index is 11.9. The van der Waals surface area contributed by atoms with Crippen molar-refractivity contribution in [1.82, 2.24) is 9.13 Å². The lowest BCUT2D eigenvalue weighted by molar-refractivity contribution is 0.630. The van der Waals surface area contributed by atoms with Gasteiger partial charge >= 0.3 is 5.69 Å². The topological polar surface area (TPSA) is 44.0 Å². The average Bonchev–Trinajstić information content (AvgIpc) is 2.32. The summed E-state index contributed by atoms with van der Waals surface area (Å²) in [6, 6.07) is 0. The molecule has 1 heterocycles. The monoisotopic (exact) mass is 454 g/mol. The van der Waals surface area contributed by atoms with Crippen LogP contribution in [0.25, 0.3) is 0 Å². The third-order valence-electron chi connectivity index (χ3n) is 2.03. The van der Waals surface area contributed by atoms with E-state index >= 15 is 0 Å². The molecule has 4 nitrogen and oxygen atoms in total. The summed E-state index contributed by atoms with van der Waals surface area (Å²) in [5.74, 6) is 5.49. The van der Waals surface area contributed by atoms with Crippen LogP contribution in [0.3, 0.4) is 0 Å². The van der Waals surface area contributed by atoms with Gasteiger partial charge in [-0.25, -0.2) is 9.36 Å². The highest BCUT2D eigenvalue weighted by atomic mass is 127. The Morgan fingerprint density at radius 3 is 2.35 bits per heavy atom. The van der Waals surface area contributed by atoms with Crippen molar-refractivity contribution in [3.8, 4) is 19.7 Å². The van der Waals surface area contributed by atoms with Gasteiger partial charge in [-0.15, -0.1) is 0 Å². The summed E-state index contributed by atoms with van der Waals surface area (Å²) in [6.45, 7) is 2.06. The van der Waals surface area contributed by atoms with Crippen LogP contribution in [0.2, 0.25) is 0 Å². The van der Waals surface area contributed by atoms with Crippen molar-refractivity contribution in [2.45, 2.75) is 20.0 Å². The van der Waals surface area contributed by atoms with Gasteiger partial charge in [-0.05, 0) is 14.8 Å². The van der Waals surface area contributed by atoms with E-state index in [-0.39, 0.29) is 24.3 Å². The average molecular weight is 454 g/mol. The van der Waals surface area contributed by atoms with Crippen molar-refractivity contribution >= 4 is 45.2 Å². The van der Waals surface area contributed by atoms with Crippen LogP contribution in [-0.4, -0.2) is 9.13 Å². The van der Waals surface area contributed by atoms with Gasteiger partial charge in [0.05, 0.1) is 13.1 Å². The number of rotatable bonds is 2. The molecule has 0 radical (unpaired) electrons. The smallest absolute Gasteiger partial charge is 0.288 e. The highest BCUT2D eigenvalue weighted by Gasteiger charge is 2.06. The summed E-state index contributed by atoms with van der Waals surface area (Å²) in [5, 5.41) is 0. The summed E-state index contributed by atoms with van der Waals surface area (Å²) >= 11 is 3.77. The Hall–Kier alpha value is -0.740. The quantitative estimate of drug-likeness (QED) is 0.497. The van der Waals surface area contributed by atoms with E-state index in [9.17, 15) is 9.59 Å². The maximum absolute atomic E-state index is 11.9. The van der Waals surface area contributed by atoms with Crippen molar-refractivity contribution in [3.05, 3.63) is 32.6 Å². The number of aryl methyl sites for hydroxylation is 1. The summed E-state index contributed by atoms with van der Waals surface area (Å²) in [4.78, 5) is 23.7. The molecule has 88 valence electrons. The Labute approximate surface area is 126 Å². The first-order valence-corrected chi connectivity index (χ1v) is 6.75. The summed E-state index contributed by atoms with van der Waals surface area (Å²) < 4.78 is 7.85. The van der Waals surface area contributed by atoms with Gasteiger partial charge in [0.1, 0.15) is 0 Å². The van der Waals surface area contributed by atoms with E-state index in [1.807, 2.05) is 45.2 Å². The molecule has 6 heteroatoms. The third-order valence-corrected chi connectivity index (χ3v) is 2.79. The number of hydrogen-bond donors (Lipinski definition) is 0. The molecule has 0 amide bonds. The zero-order valence-corrected chi connectivity index (χ0v) is 13.3. The molecule has 0 atom stereocenters. The fraction of sp³-hybridized carbons (Fsp3) is 0.273. The van der Waals surface area contributed by atoms with Crippen LogP contribution < -0.4 is 11.2 Å². The number of nitrogens with zero attached hydrogens (tertiary/aromatic N) is 2. The molecule has 1 rings (SSSR count). The number of aromatic nitrogens is 2. The molecule has 0 unspecified atom stereocenters. The Bertz CT molecular complexity index is 651. The molecule has 0 saturated carbocycles. The molecule has 0 bridgehead atoms. The molecule has 0 spiro atoms. The minimum atomic E-state index is -0.376. The van der Waals surface area contributed by atoms with Gasteiger partial charge in [0, 0.05) is 56.9 Å². The summed E-state index contributed by atoms with van der Waals surface area (Å²) in [5.41, 5.74) is -0.165. The van der Waals surface area contributed by atoms with Crippen LogP contribution in [-0.2, 0) is 13.1 Å². The molecule has 0 aliphatic heterocycles. The molecule has 0 fully saturated rings. The molecule has 17 heavy (non-hydrogen) atoms. The molecular weight excluding hydrogens is 446 g/mol. The Morgan fingerprint density at radius 1 is 1.18 bits per heavy atom. The third kappa shape index (κ3) is 3.61. The first-order chi connectivity index (χ1) is 8.11. The first-order valence-electron chi connectivity index (χ1n) is 4.59. The van der Waals surface area contributed by atoms with E-state index < -0.39 is 0 Å². The second kappa shape index (κ2) is 6.87. The Kier molecular flexibility index (Phi) is 5.78. The summed E-state index contributed by atoms with van der Waals surface area (Å²) in [6.07, 6.45) is 1.53. The van der Waals surface area contributed by atoms with E-state index in [1.54, 1.807) is 6.92 Å². The van der Waals surface area contributed by atoms with Gasteiger partial charge in [0.25, 0.3) is 5.56 Å². The van der Waals surface area contributed by atoms with Gasteiger partial charge in [-0.1, -0.05) is 11.8 Å². The van der Waals surface area contributed by atoms with Crippen molar-refractivity contribution in [2.24, 2.45) is 0 Å². The van der Waals surface area contributed by atoms with E-state index in [2.05, 4.69) is 19.7 Å². The lowest BCUT2D eigenvalue weighted by atomic mass is 10.3. The lowest BCUT2D eigenvalue weighted by Crippen LogP contribution is -2.40. The fourth-order valence-corrected chi connectivity index (χ4v) is 1.62. The van der Waals surface area contributed by atoms with Crippen LogP contribution in [0.1, 0.15) is 5.56 Å². The van der Waals surface area contributed by atoms with E-state index in [0.717, 1.165) is 4.57 Å². The minimum absolute atomic E-state index is 0.111. The van der Waals surface area contributed by atoms with Crippen LogP contribution in [0.15, 0.2) is 15.8 Å². The predicted molar refractivity (Wildman–Crippen MR) is 83.3 cm³/mol. The van der Waals surface area contributed by atoms with Crippen molar-refractivity contribution in [1.29, 1.82) is 0 Å². The predicted octanol–water partition coefficient (Wildman–Crippen LogP) is 1.11. The highest BCUT2D eigenvalue weighted by Crippen LogP contribution is 1.87.